The van der Waals surface area contributed by atoms with Gasteiger partial charge in [-0.3, -0.25) is 14.5 Å². The molecule has 0 radical (unpaired) electrons. The van der Waals surface area contributed by atoms with E-state index >= 15 is 0 Å². The van der Waals surface area contributed by atoms with Crippen LogP contribution in [0.4, 0.5) is 0 Å². The number of Topliss-reactive ketones (excluding diaryl/α,β-unsaturated/α-hetero) is 2. The summed E-state index contributed by atoms with van der Waals surface area (Å²) >= 11 is 9.30. The highest BCUT2D eigenvalue weighted by Crippen LogP contribution is 2.27. The van der Waals surface area contributed by atoms with E-state index in [4.69, 9.17) is 11.6 Å². The average Bonchev–Trinajstić information content (AvgIpc) is 2.66. The number of benzene rings is 2. The summed E-state index contributed by atoms with van der Waals surface area (Å²) in [5.41, 5.74) is 1.44. The molecule has 2 unspecified atom stereocenters. The Morgan fingerprint density at radius 3 is 1.85 bits per heavy atom. The van der Waals surface area contributed by atoms with Gasteiger partial charge in [0.1, 0.15) is 0 Å². The molecule has 0 saturated carbocycles. The molecule has 2 aromatic rings. The Morgan fingerprint density at radius 1 is 0.926 bits per heavy atom. The van der Waals surface area contributed by atoms with Gasteiger partial charge in [0.05, 0.1) is 0 Å². The molecule has 2 atom stereocenters. The summed E-state index contributed by atoms with van der Waals surface area (Å²) in [6.45, 7) is 0. The van der Waals surface area contributed by atoms with E-state index in [2.05, 4.69) is 20.8 Å². The number of rotatable bonds is 6. The van der Waals surface area contributed by atoms with Crippen molar-refractivity contribution in [2.45, 2.75) is 44.2 Å². The Kier molecular flexibility index (Phi) is 6.85. The molecule has 3 rings (SSSR count). The fraction of sp³-hybridized carbons (Fsp3) is 0.364. The van der Waals surface area contributed by atoms with Crippen molar-refractivity contribution in [1.82, 2.24) is 4.90 Å². The summed E-state index contributed by atoms with van der Waals surface area (Å²) in [5, 5.41) is 0.632. The first-order valence-corrected chi connectivity index (χ1v) is 10.4. The minimum atomic E-state index is 0.128. The van der Waals surface area contributed by atoms with Crippen molar-refractivity contribution in [3.8, 4) is 0 Å². The number of ketones is 2. The lowest BCUT2D eigenvalue weighted by molar-refractivity contribution is 0.0723. The smallest absolute Gasteiger partial charge is 0.164 e. The maximum atomic E-state index is 12.6. The molecule has 0 aromatic heterocycles. The molecule has 0 aliphatic carbocycles. The van der Waals surface area contributed by atoms with E-state index in [-0.39, 0.29) is 23.7 Å². The van der Waals surface area contributed by atoms with Gasteiger partial charge in [0.15, 0.2) is 11.6 Å². The minimum absolute atomic E-state index is 0.128. The van der Waals surface area contributed by atoms with Crippen molar-refractivity contribution in [3.63, 3.8) is 0 Å². The summed E-state index contributed by atoms with van der Waals surface area (Å²) in [6, 6.07) is 14.9. The fourth-order valence-corrected chi connectivity index (χ4v) is 4.11. The lowest BCUT2D eigenvalue weighted by atomic mass is 9.88. The maximum absolute atomic E-state index is 12.6. The zero-order chi connectivity index (χ0) is 19.4. The predicted molar refractivity (Wildman–Crippen MR) is 113 cm³/mol. The Labute approximate surface area is 173 Å². The quantitative estimate of drug-likeness (QED) is 0.524. The Bertz CT molecular complexity index is 737. The highest BCUT2D eigenvalue weighted by atomic mass is 79.9. The second-order valence-corrected chi connectivity index (χ2v) is 8.52. The van der Waals surface area contributed by atoms with E-state index < -0.39 is 0 Å². The van der Waals surface area contributed by atoms with Gasteiger partial charge >= 0.3 is 0 Å². The number of hydrogen-bond donors (Lipinski definition) is 0. The monoisotopic (exact) mass is 447 g/mol. The number of hydrogen-bond acceptors (Lipinski definition) is 3. The van der Waals surface area contributed by atoms with Crippen molar-refractivity contribution in [1.29, 1.82) is 0 Å². The highest BCUT2D eigenvalue weighted by Gasteiger charge is 2.30. The average molecular weight is 449 g/mol. The largest absolute Gasteiger partial charge is 0.300 e. The lowest BCUT2D eigenvalue weighted by Crippen LogP contribution is -2.45. The Hall–Kier alpha value is -1.49. The molecule has 1 aliphatic heterocycles. The summed E-state index contributed by atoms with van der Waals surface area (Å²) in [5.74, 6) is 0.285. The van der Waals surface area contributed by atoms with E-state index in [1.165, 1.54) is 0 Å². The Balaban J connectivity index is 1.62. The second kappa shape index (κ2) is 9.13. The molecule has 2 aromatic carbocycles. The van der Waals surface area contributed by atoms with Gasteiger partial charge in [0, 0.05) is 45.5 Å². The first kappa shape index (κ1) is 20.2. The molecule has 0 N–H and O–H groups in total. The molecule has 1 aliphatic rings. The number of carbonyl (C=O) groups is 2. The lowest BCUT2D eigenvalue weighted by Gasteiger charge is -2.39. The van der Waals surface area contributed by atoms with Crippen LogP contribution in [0.25, 0.3) is 0 Å². The van der Waals surface area contributed by atoms with Crippen molar-refractivity contribution in [2.24, 2.45) is 0 Å². The minimum Gasteiger partial charge on any atom is -0.300 e. The zero-order valence-electron chi connectivity index (χ0n) is 15.3. The predicted octanol–water partition coefficient (Wildman–Crippen LogP) is 5.80. The number of carbonyl (C=O) groups excluding carboxylic acids is 2. The van der Waals surface area contributed by atoms with Crippen molar-refractivity contribution < 1.29 is 9.59 Å². The normalized spacial score (nSPS) is 20.4. The van der Waals surface area contributed by atoms with Gasteiger partial charge in [0.2, 0.25) is 0 Å². The van der Waals surface area contributed by atoms with Crippen LogP contribution >= 0.6 is 27.5 Å². The van der Waals surface area contributed by atoms with E-state index in [1.54, 1.807) is 24.3 Å². The molecule has 142 valence electrons. The van der Waals surface area contributed by atoms with Gasteiger partial charge in [-0.2, -0.15) is 0 Å². The summed E-state index contributed by atoms with van der Waals surface area (Å²) in [7, 11) is 2.04. The van der Waals surface area contributed by atoms with Crippen LogP contribution in [0.3, 0.4) is 0 Å². The van der Waals surface area contributed by atoms with Crippen LogP contribution in [-0.2, 0) is 0 Å². The number of halogens is 2. The van der Waals surface area contributed by atoms with Gasteiger partial charge in [-0.25, -0.2) is 0 Å². The topological polar surface area (TPSA) is 37.4 Å². The summed E-state index contributed by atoms with van der Waals surface area (Å²) in [4.78, 5) is 27.5. The van der Waals surface area contributed by atoms with Gasteiger partial charge in [-0.05, 0) is 56.3 Å². The summed E-state index contributed by atoms with van der Waals surface area (Å²) < 4.78 is 0.967. The molecule has 1 fully saturated rings. The molecule has 0 bridgehead atoms. The second-order valence-electron chi connectivity index (χ2n) is 7.17. The third-order valence-electron chi connectivity index (χ3n) is 5.40. The molecular formula is C22H23BrClNO2. The first-order chi connectivity index (χ1) is 12.9. The molecule has 5 heteroatoms. The molecule has 0 amide bonds. The molecular weight excluding hydrogens is 426 g/mol. The molecule has 0 spiro atoms. The molecule has 27 heavy (non-hydrogen) atoms. The number of likely N-dealkylation sites (tertiary alicyclic amines) is 1. The van der Waals surface area contributed by atoms with Crippen molar-refractivity contribution >= 4 is 39.1 Å². The molecule has 3 nitrogen and oxygen atoms in total. The van der Waals surface area contributed by atoms with Crippen LogP contribution < -0.4 is 0 Å². The SMILES string of the molecule is CN1C(CC(=O)c2ccc(Cl)cc2)CCCC1CC(=O)c1ccc(Br)cc1. The number of nitrogens with zero attached hydrogens (tertiary/aromatic N) is 1. The van der Waals surface area contributed by atoms with Gasteiger partial charge in [-0.15, -0.1) is 0 Å². The van der Waals surface area contributed by atoms with E-state index in [0.717, 1.165) is 29.3 Å². The van der Waals surface area contributed by atoms with Crippen LogP contribution in [0.15, 0.2) is 53.0 Å². The van der Waals surface area contributed by atoms with Crippen LogP contribution in [0.2, 0.25) is 5.02 Å². The van der Waals surface area contributed by atoms with Gasteiger partial charge < -0.3 is 0 Å². The fourth-order valence-electron chi connectivity index (χ4n) is 3.72. The van der Waals surface area contributed by atoms with E-state index in [9.17, 15) is 9.59 Å². The molecule has 1 saturated heterocycles. The maximum Gasteiger partial charge on any atom is 0.164 e. The third-order valence-corrected chi connectivity index (χ3v) is 6.18. The van der Waals surface area contributed by atoms with Crippen LogP contribution in [0.1, 0.15) is 52.8 Å². The number of piperidine rings is 1. The van der Waals surface area contributed by atoms with Crippen LogP contribution in [0.5, 0.6) is 0 Å². The standard InChI is InChI=1S/C22H23BrClNO2/c1-25-19(13-21(26)15-5-9-17(23)10-6-15)3-2-4-20(25)14-22(27)16-7-11-18(24)12-8-16/h5-12,19-20H,2-4,13-14H2,1H3. The Morgan fingerprint density at radius 2 is 1.37 bits per heavy atom. The molecule has 1 heterocycles. The van der Waals surface area contributed by atoms with Gasteiger partial charge in [-0.1, -0.05) is 46.1 Å². The van der Waals surface area contributed by atoms with Crippen molar-refractivity contribution in [2.75, 3.05) is 7.05 Å². The first-order valence-electron chi connectivity index (χ1n) is 9.23. The van der Waals surface area contributed by atoms with Gasteiger partial charge in [0.25, 0.3) is 0 Å². The van der Waals surface area contributed by atoms with Crippen LogP contribution in [0, 0.1) is 0 Å². The zero-order valence-corrected chi connectivity index (χ0v) is 17.7. The highest BCUT2D eigenvalue weighted by molar-refractivity contribution is 9.10. The summed E-state index contributed by atoms with van der Waals surface area (Å²) in [6.07, 6.45) is 3.98. The van der Waals surface area contributed by atoms with E-state index in [0.29, 0.717) is 23.4 Å². The third kappa shape index (κ3) is 5.28. The van der Waals surface area contributed by atoms with Crippen molar-refractivity contribution in [3.05, 3.63) is 69.2 Å². The van der Waals surface area contributed by atoms with E-state index in [1.807, 2.05) is 31.3 Å². The van der Waals surface area contributed by atoms with Crippen LogP contribution in [-0.4, -0.2) is 35.6 Å².